The molecule has 10 nitrogen and oxygen atoms in total. The summed E-state index contributed by atoms with van der Waals surface area (Å²) in [6, 6.07) is 5.62. The number of nitrogens with one attached hydrogen (secondary N) is 1. The van der Waals surface area contributed by atoms with Crippen LogP contribution in [0.2, 0.25) is 0 Å². The maximum Gasteiger partial charge on any atom is 0.407 e. The van der Waals surface area contributed by atoms with Gasteiger partial charge >= 0.3 is 12.1 Å². The number of hydrogen-bond donors (Lipinski definition) is 2. The summed E-state index contributed by atoms with van der Waals surface area (Å²) in [7, 11) is 0. The highest BCUT2D eigenvalue weighted by Gasteiger charge is 2.25. The zero-order valence-corrected chi connectivity index (χ0v) is 20.4. The third-order valence-corrected chi connectivity index (χ3v) is 5.91. The van der Waals surface area contributed by atoms with Crippen molar-refractivity contribution in [2.45, 2.75) is 20.3 Å². The van der Waals surface area contributed by atoms with Crippen LogP contribution < -0.4 is 0 Å². The lowest BCUT2D eigenvalue weighted by molar-refractivity contribution is 0.0519. The molecule has 2 aromatic heterocycles. The standard InChI is InChI=1S/C26H29N5O5/c1-4-7-18(11-10-17(3)30-12-14-31(15-13-30)26(33)34)23-22(25(32)35-5-2)28-24(36-23)19-8-6-9-21-20(19)16-27-29-21/h6-11,16H,3-5,12-15H2,1-2H3,(H,27,29)(H,33,34)/b11-10-,18-7?. The molecule has 1 aliphatic rings. The van der Waals surface area contributed by atoms with Gasteiger partial charge in [0.25, 0.3) is 0 Å². The summed E-state index contributed by atoms with van der Waals surface area (Å²) in [6.07, 6.45) is 7.08. The Balaban J connectivity index is 1.66. The number of benzene rings is 1. The lowest BCUT2D eigenvalue weighted by Gasteiger charge is -2.34. The minimum absolute atomic E-state index is 0.0948. The number of carbonyl (C=O) groups excluding carboxylic acids is 1. The van der Waals surface area contributed by atoms with Crippen molar-refractivity contribution in [2.75, 3.05) is 32.8 Å². The summed E-state index contributed by atoms with van der Waals surface area (Å²) in [5.74, 6) is 0.0329. The number of carbonyl (C=O) groups is 2. The minimum atomic E-state index is -0.914. The van der Waals surface area contributed by atoms with E-state index < -0.39 is 12.1 Å². The van der Waals surface area contributed by atoms with E-state index in [9.17, 15) is 9.59 Å². The van der Waals surface area contributed by atoms with E-state index in [1.807, 2.05) is 48.3 Å². The first-order chi connectivity index (χ1) is 17.4. The highest BCUT2D eigenvalue weighted by Crippen LogP contribution is 2.32. The topological polar surface area (TPSA) is 125 Å². The monoisotopic (exact) mass is 491 g/mol. The zero-order valence-electron chi connectivity index (χ0n) is 20.4. The molecule has 188 valence electrons. The Bertz CT molecular complexity index is 1330. The first kappa shape index (κ1) is 24.8. The summed E-state index contributed by atoms with van der Waals surface area (Å²) >= 11 is 0. The molecule has 36 heavy (non-hydrogen) atoms. The molecular formula is C26H29N5O5. The molecule has 3 aromatic rings. The summed E-state index contributed by atoms with van der Waals surface area (Å²) in [6.45, 7) is 10.0. The summed E-state index contributed by atoms with van der Waals surface area (Å²) in [5.41, 5.74) is 3.04. The number of amides is 1. The van der Waals surface area contributed by atoms with E-state index in [0.29, 0.717) is 55.4 Å². The van der Waals surface area contributed by atoms with Crippen LogP contribution in [0.5, 0.6) is 0 Å². The molecule has 0 spiro atoms. The highest BCUT2D eigenvalue weighted by molar-refractivity contribution is 5.96. The van der Waals surface area contributed by atoms with E-state index >= 15 is 0 Å². The van der Waals surface area contributed by atoms with Crippen LogP contribution >= 0.6 is 0 Å². The molecule has 0 radical (unpaired) electrons. The summed E-state index contributed by atoms with van der Waals surface area (Å²) < 4.78 is 11.4. The van der Waals surface area contributed by atoms with Crippen molar-refractivity contribution in [1.82, 2.24) is 25.0 Å². The fourth-order valence-corrected chi connectivity index (χ4v) is 4.06. The molecule has 1 amide bonds. The third-order valence-electron chi connectivity index (χ3n) is 5.91. The molecular weight excluding hydrogens is 462 g/mol. The van der Waals surface area contributed by atoms with Crippen molar-refractivity contribution >= 4 is 28.5 Å². The number of ether oxygens (including phenoxy) is 1. The van der Waals surface area contributed by atoms with Crippen LogP contribution in [0.15, 0.2) is 59.3 Å². The molecule has 0 bridgehead atoms. The zero-order chi connectivity index (χ0) is 25.7. The number of aromatic nitrogens is 3. The maximum atomic E-state index is 12.8. The fourth-order valence-electron chi connectivity index (χ4n) is 4.06. The number of allylic oxidation sites excluding steroid dienone is 4. The van der Waals surface area contributed by atoms with Crippen molar-refractivity contribution < 1.29 is 23.8 Å². The van der Waals surface area contributed by atoms with Gasteiger partial charge in [-0.3, -0.25) is 5.10 Å². The van der Waals surface area contributed by atoms with E-state index in [4.69, 9.17) is 14.3 Å². The second-order valence-corrected chi connectivity index (χ2v) is 8.20. The molecule has 1 saturated heterocycles. The van der Waals surface area contributed by atoms with E-state index in [1.54, 1.807) is 13.1 Å². The number of piperazine rings is 1. The van der Waals surface area contributed by atoms with Gasteiger partial charge in [0.15, 0.2) is 11.5 Å². The van der Waals surface area contributed by atoms with Crippen LogP contribution in [-0.4, -0.2) is 74.9 Å². The smallest absolute Gasteiger partial charge is 0.407 e. The van der Waals surface area contributed by atoms with E-state index in [-0.39, 0.29) is 12.3 Å². The van der Waals surface area contributed by atoms with Crippen LogP contribution in [0, 0.1) is 0 Å². The molecule has 1 aliphatic heterocycles. The average molecular weight is 492 g/mol. The van der Waals surface area contributed by atoms with Gasteiger partial charge in [0.2, 0.25) is 5.89 Å². The summed E-state index contributed by atoms with van der Waals surface area (Å²) in [4.78, 5) is 31.9. The van der Waals surface area contributed by atoms with Gasteiger partial charge in [0.1, 0.15) is 0 Å². The number of rotatable bonds is 8. The summed E-state index contributed by atoms with van der Waals surface area (Å²) in [5, 5.41) is 17.0. The molecule has 0 unspecified atom stereocenters. The quantitative estimate of drug-likeness (QED) is 0.347. The van der Waals surface area contributed by atoms with Crippen molar-refractivity contribution in [1.29, 1.82) is 0 Å². The SMILES string of the molecule is C=C(/C=C\C(=CCC)c1oc(-c2cccc3[nH]ncc23)nc1C(=O)OCC)N1CCN(C(=O)O)CC1. The lowest BCUT2D eigenvalue weighted by atomic mass is 10.1. The van der Waals surface area contributed by atoms with Crippen LogP contribution in [0.3, 0.4) is 0 Å². The molecule has 1 aromatic carbocycles. The fraction of sp³-hybridized carbons (Fsp3) is 0.308. The highest BCUT2D eigenvalue weighted by atomic mass is 16.5. The number of H-pyrrole nitrogens is 1. The first-order valence-electron chi connectivity index (χ1n) is 11.8. The van der Waals surface area contributed by atoms with Gasteiger partial charge in [-0.2, -0.15) is 5.10 Å². The third kappa shape index (κ3) is 5.17. The van der Waals surface area contributed by atoms with Crippen molar-refractivity contribution in [3.8, 4) is 11.5 Å². The Morgan fingerprint density at radius 2 is 1.94 bits per heavy atom. The molecule has 3 heterocycles. The van der Waals surface area contributed by atoms with Gasteiger partial charge in [0.05, 0.1) is 18.3 Å². The van der Waals surface area contributed by atoms with Gasteiger partial charge in [-0.15, -0.1) is 0 Å². The van der Waals surface area contributed by atoms with Gasteiger partial charge in [0, 0.05) is 48.4 Å². The largest absolute Gasteiger partial charge is 0.465 e. The van der Waals surface area contributed by atoms with Crippen molar-refractivity contribution in [2.24, 2.45) is 0 Å². The Morgan fingerprint density at radius 1 is 1.19 bits per heavy atom. The van der Waals surface area contributed by atoms with Gasteiger partial charge in [-0.05, 0) is 37.6 Å². The number of carboxylic acid groups (broad SMARTS) is 1. The molecule has 0 atom stereocenters. The van der Waals surface area contributed by atoms with Crippen molar-refractivity contribution in [3.63, 3.8) is 0 Å². The van der Waals surface area contributed by atoms with E-state index in [1.165, 1.54) is 4.90 Å². The molecule has 10 heteroatoms. The second-order valence-electron chi connectivity index (χ2n) is 8.20. The van der Waals surface area contributed by atoms with Gasteiger partial charge < -0.3 is 24.1 Å². The van der Waals surface area contributed by atoms with Crippen LogP contribution in [0.1, 0.15) is 36.5 Å². The predicted octanol–water partition coefficient (Wildman–Crippen LogP) is 4.55. The molecule has 1 fully saturated rings. The minimum Gasteiger partial charge on any atom is -0.465 e. The van der Waals surface area contributed by atoms with Crippen LogP contribution in [0.25, 0.3) is 27.9 Å². The number of oxazole rings is 1. The number of esters is 1. The predicted molar refractivity (Wildman–Crippen MR) is 135 cm³/mol. The second kappa shape index (κ2) is 10.9. The van der Waals surface area contributed by atoms with Gasteiger partial charge in [-0.25, -0.2) is 14.6 Å². The Morgan fingerprint density at radius 3 is 2.64 bits per heavy atom. The van der Waals surface area contributed by atoms with E-state index in [0.717, 1.165) is 16.6 Å². The number of hydrogen-bond acceptors (Lipinski definition) is 7. The molecule has 0 saturated carbocycles. The molecule has 4 rings (SSSR count). The number of fused-ring (bicyclic) bond motifs is 1. The average Bonchev–Trinajstić information content (AvgIpc) is 3.54. The lowest BCUT2D eigenvalue weighted by Crippen LogP contribution is -2.47. The van der Waals surface area contributed by atoms with Crippen molar-refractivity contribution in [3.05, 3.63) is 66.4 Å². The van der Waals surface area contributed by atoms with Gasteiger partial charge in [-0.1, -0.05) is 25.6 Å². The van der Waals surface area contributed by atoms with Crippen LogP contribution in [0.4, 0.5) is 4.79 Å². The normalized spacial score (nSPS) is 14.6. The Labute approximate surface area is 208 Å². The maximum absolute atomic E-state index is 12.8. The number of nitrogens with zero attached hydrogens (tertiary/aromatic N) is 4. The molecule has 0 aliphatic carbocycles. The number of aromatic amines is 1. The molecule has 2 N–H and O–H groups in total. The first-order valence-corrected chi connectivity index (χ1v) is 11.8. The Hall–Kier alpha value is -4.34. The van der Waals surface area contributed by atoms with E-state index in [2.05, 4.69) is 21.8 Å². The Kier molecular flexibility index (Phi) is 7.53. The van der Waals surface area contributed by atoms with Crippen LogP contribution in [-0.2, 0) is 4.74 Å².